The summed E-state index contributed by atoms with van der Waals surface area (Å²) in [7, 11) is 0. The molecular formula is C13H17N3. The molecule has 2 unspecified atom stereocenters. The van der Waals surface area contributed by atoms with Gasteiger partial charge in [-0.05, 0) is 18.5 Å². The molecule has 0 radical (unpaired) electrons. The molecule has 2 aliphatic rings. The molecule has 2 atom stereocenters. The molecule has 3 heteroatoms. The number of hydrogen-bond donors (Lipinski definition) is 2. The van der Waals surface area contributed by atoms with E-state index in [2.05, 4.69) is 41.0 Å². The van der Waals surface area contributed by atoms with Crippen molar-refractivity contribution in [2.24, 2.45) is 4.99 Å². The van der Waals surface area contributed by atoms with Gasteiger partial charge in [0.2, 0.25) is 0 Å². The fraction of sp³-hybridized carbons (Fsp3) is 0.462. The van der Waals surface area contributed by atoms with Crippen LogP contribution in [-0.2, 0) is 6.42 Å². The van der Waals surface area contributed by atoms with E-state index in [0.717, 1.165) is 31.8 Å². The van der Waals surface area contributed by atoms with Crippen LogP contribution in [0.15, 0.2) is 35.3 Å². The Hall–Kier alpha value is -1.35. The van der Waals surface area contributed by atoms with Crippen LogP contribution in [0.25, 0.3) is 0 Å². The number of rotatable bonds is 2. The van der Waals surface area contributed by atoms with Crippen LogP contribution in [0.4, 0.5) is 0 Å². The van der Waals surface area contributed by atoms with Crippen molar-refractivity contribution in [1.82, 2.24) is 10.6 Å². The first kappa shape index (κ1) is 9.85. The summed E-state index contributed by atoms with van der Waals surface area (Å²) in [4.78, 5) is 4.77. The van der Waals surface area contributed by atoms with E-state index in [1.54, 1.807) is 0 Å². The predicted octanol–water partition coefficient (Wildman–Crippen LogP) is 0.961. The van der Waals surface area contributed by atoms with E-state index in [1.807, 2.05) is 0 Å². The van der Waals surface area contributed by atoms with Crippen molar-refractivity contribution in [3.63, 3.8) is 0 Å². The summed E-state index contributed by atoms with van der Waals surface area (Å²) in [5.41, 5.74) is 1.33. The second-order valence-electron chi connectivity index (χ2n) is 4.55. The van der Waals surface area contributed by atoms with Crippen LogP contribution in [-0.4, -0.2) is 31.0 Å². The van der Waals surface area contributed by atoms with E-state index >= 15 is 0 Å². The standard InChI is InChI=1S/C13H17N3/c1-2-4-10(5-3-1)8-13-15-11-6-7-14-9-12(11)16-13/h1-5,11-12,14H,6-9H2,(H,15,16). The monoisotopic (exact) mass is 215 g/mol. The van der Waals surface area contributed by atoms with Gasteiger partial charge in [-0.2, -0.15) is 0 Å². The number of nitrogens with one attached hydrogen (secondary N) is 2. The van der Waals surface area contributed by atoms with Crippen molar-refractivity contribution in [2.75, 3.05) is 13.1 Å². The Morgan fingerprint density at radius 1 is 1.25 bits per heavy atom. The van der Waals surface area contributed by atoms with Crippen molar-refractivity contribution >= 4 is 5.84 Å². The van der Waals surface area contributed by atoms with Gasteiger partial charge in [0.15, 0.2) is 0 Å². The maximum Gasteiger partial charge on any atom is 0.101 e. The number of hydrogen-bond acceptors (Lipinski definition) is 3. The van der Waals surface area contributed by atoms with E-state index in [-0.39, 0.29) is 0 Å². The Morgan fingerprint density at radius 3 is 2.94 bits per heavy atom. The smallest absolute Gasteiger partial charge is 0.101 e. The number of nitrogens with zero attached hydrogens (tertiary/aromatic N) is 1. The lowest BCUT2D eigenvalue weighted by Gasteiger charge is -2.24. The molecule has 0 saturated carbocycles. The maximum atomic E-state index is 4.77. The van der Waals surface area contributed by atoms with E-state index in [0.29, 0.717) is 12.1 Å². The Labute approximate surface area is 96.0 Å². The fourth-order valence-electron chi connectivity index (χ4n) is 2.48. The molecule has 16 heavy (non-hydrogen) atoms. The minimum absolute atomic E-state index is 0.500. The minimum atomic E-state index is 0.500. The Balaban J connectivity index is 1.68. The summed E-state index contributed by atoms with van der Waals surface area (Å²) >= 11 is 0. The molecule has 1 fully saturated rings. The van der Waals surface area contributed by atoms with Crippen molar-refractivity contribution < 1.29 is 0 Å². The summed E-state index contributed by atoms with van der Waals surface area (Å²) < 4.78 is 0. The number of piperidine rings is 1. The fourth-order valence-corrected chi connectivity index (χ4v) is 2.48. The van der Waals surface area contributed by atoms with Crippen molar-refractivity contribution in [2.45, 2.75) is 24.9 Å². The van der Waals surface area contributed by atoms with Gasteiger partial charge in [0.1, 0.15) is 5.84 Å². The summed E-state index contributed by atoms with van der Waals surface area (Å²) in [6.45, 7) is 2.15. The molecule has 84 valence electrons. The average Bonchev–Trinajstić information content (AvgIpc) is 2.72. The number of amidine groups is 1. The highest BCUT2D eigenvalue weighted by Crippen LogP contribution is 2.15. The minimum Gasteiger partial charge on any atom is -0.367 e. The zero-order valence-electron chi connectivity index (χ0n) is 9.32. The van der Waals surface area contributed by atoms with Gasteiger partial charge in [0.05, 0.1) is 12.1 Å². The molecule has 1 aromatic rings. The van der Waals surface area contributed by atoms with Crippen molar-refractivity contribution in [3.05, 3.63) is 35.9 Å². The molecule has 3 nitrogen and oxygen atoms in total. The molecular weight excluding hydrogens is 198 g/mol. The molecule has 3 rings (SSSR count). The molecule has 2 heterocycles. The predicted molar refractivity (Wildman–Crippen MR) is 65.8 cm³/mol. The van der Waals surface area contributed by atoms with Crippen molar-refractivity contribution in [1.29, 1.82) is 0 Å². The van der Waals surface area contributed by atoms with E-state index < -0.39 is 0 Å². The van der Waals surface area contributed by atoms with Gasteiger partial charge in [-0.3, -0.25) is 4.99 Å². The third kappa shape index (κ3) is 1.95. The highest BCUT2D eigenvalue weighted by molar-refractivity contribution is 5.86. The molecule has 0 aromatic heterocycles. The zero-order chi connectivity index (χ0) is 10.8. The first-order valence-corrected chi connectivity index (χ1v) is 6.00. The normalized spacial score (nSPS) is 28.1. The van der Waals surface area contributed by atoms with Gasteiger partial charge in [0, 0.05) is 13.0 Å². The van der Waals surface area contributed by atoms with Gasteiger partial charge >= 0.3 is 0 Å². The second-order valence-corrected chi connectivity index (χ2v) is 4.55. The Bertz CT molecular complexity index is 385. The third-order valence-corrected chi connectivity index (χ3v) is 3.33. The summed E-state index contributed by atoms with van der Waals surface area (Å²) in [5, 5.41) is 6.93. The summed E-state index contributed by atoms with van der Waals surface area (Å²) in [5.74, 6) is 1.16. The van der Waals surface area contributed by atoms with E-state index in [1.165, 1.54) is 5.56 Å². The lowest BCUT2D eigenvalue weighted by Crippen LogP contribution is -2.48. The molecule has 2 aliphatic heterocycles. The van der Waals surface area contributed by atoms with Gasteiger partial charge in [-0.25, -0.2) is 0 Å². The van der Waals surface area contributed by atoms with Crippen LogP contribution in [0.1, 0.15) is 12.0 Å². The molecule has 0 bridgehead atoms. The first-order valence-electron chi connectivity index (χ1n) is 6.00. The molecule has 1 aromatic carbocycles. The van der Waals surface area contributed by atoms with Gasteiger partial charge in [-0.1, -0.05) is 30.3 Å². The lowest BCUT2D eigenvalue weighted by atomic mass is 10.0. The zero-order valence-corrected chi connectivity index (χ0v) is 9.32. The Kier molecular flexibility index (Phi) is 2.62. The summed E-state index contributed by atoms with van der Waals surface area (Å²) in [6, 6.07) is 11.6. The maximum absolute atomic E-state index is 4.77. The van der Waals surface area contributed by atoms with Crippen LogP contribution in [0.3, 0.4) is 0 Å². The van der Waals surface area contributed by atoms with Crippen LogP contribution in [0, 0.1) is 0 Å². The second kappa shape index (κ2) is 4.26. The number of benzene rings is 1. The number of aliphatic imine (C=N–C) groups is 1. The third-order valence-electron chi connectivity index (χ3n) is 3.33. The highest BCUT2D eigenvalue weighted by Gasteiger charge is 2.30. The lowest BCUT2D eigenvalue weighted by molar-refractivity contribution is 0.402. The highest BCUT2D eigenvalue weighted by atomic mass is 15.2. The largest absolute Gasteiger partial charge is 0.367 e. The average molecular weight is 215 g/mol. The summed E-state index contributed by atoms with van der Waals surface area (Å²) in [6.07, 6.45) is 2.10. The van der Waals surface area contributed by atoms with Crippen LogP contribution >= 0.6 is 0 Å². The Morgan fingerprint density at radius 2 is 2.12 bits per heavy atom. The SMILES string of the molecule is c1ccc(CC2=NC3CCNCC3N2)cc1. The van der Waals surface area contributed by atoms with Gasteiger partial charge < -0.3 is 10.6 Å². The molecule has 1 saturated heterocycles. The van der Waals surface area contributed by atoms with E-state index in [4.69, 9.17) is 4.99 Å². The molecule has 0 spiro atoms. The van der Waals surface area contributed by atoms with Crippen LogP contribution in [0.5, 0.6) is 0 Å². The van der Waals surface area contributed by atoms with Crippen LogP contribution < -0.4 is 10.6 Å². The van der Waals surface area contributed by atoms with Gasteiger partial charge in [0.25, 0.3) is 0 Å². The molecule has 2 N–H and O–H groups in total. The van der Waals surface area contributed by atoms with Gasteiger partial charge in [-0.15, -0.1) is 0 Å². The number of fused-ring (bicyclic) bond motifs is 1. The molecule has 0 aliphatic carbocycles. The topological polar surface area (TPSA) is 36.4 Å². The van der Waals surface area contributed by atoms with Crippen LogP contribution in [0.2, 0.25) is 0 Å². The molecule has 0 amide bonds. The van der Waals surface area contributed by atoms with E-state index in [9.17, 15) is 0 Å². The van der Waals surface area contributed by atoms with Crippen molar-refractivity contribution in [3.8, 4) is 0 Å². The first-order chi connectivity index (χ1) is 7.92. The quantitative estimate of drug-likeness (QED) is 0.771.